The Balaban J connectivity index is 1.89. The number of phenols is 2. The summed E-state index contributed by atoms with van der Waals surface area (Å²) in [6, 6.07) is 4.29. The smallest absolute Gasteiger partial charge is 0.342 e. The lowest BCUT2D eigenvalue weighted by Gasteiger charge is -2.08. The first-order valence-corrected chi connectivity index (χ1v) is 11.2. The van der Waals surface area contributed by atoms with E-state index in [4.69, 9.17) is 4.74 Å². The minimum absolute atomic E-state index is 0.0138. The summed E-state index contributed by atoms with van der Waals surface area (Å²) in [7, 11) is 0. The van der Waals surface area contributed by atoms with E-state index in [1.807, 2.05) is 0 Å². The van der Waals surface area contributed by atoms with Gasteiger partial charge < -0.3 is 14.9 Å². The van der Waals surface area contributed by atoms with Crippen molar-refractivity contribution in [1.29, 1.82) is 0 Å². The monoisotopic (exact) mass is 392 g/mol. The Morgan fingerprint density at radius 2 is 1.43 bits per heavy atom. The standard InChI is InChI=1S/C24H40O4/c1-3-20(2)16-13-11-9-7-5-4-6-8-10-12-14-19-28-24(27)21-17-15-18-22(25)23(21)26/h15,17-18,20,25-26H,3-14,16,19H2,1-2H3/t20-/m0/s1. The van der Waals surface area contributed by atoms with Crippen molar-refractivity contribution in [2.75, 3.05) is 6.61 Å². The van der Waals surface area contributed by atoms with Crippen LogP contribution < -0.4 is 0 Å². The van der Waals surface area contributed by atoms with Crippen LogP contribution >= 0.6 is 0 Å². The molecular formula is C24H40O4. The molecule has 0 aliphatic heterocycles. The van der Waals surface area contributed by atoms with Crippen LogP contribution in [0.3, 0.4) is 0 Å². The molecule has 160 valence electrons. The van der Waals surface area contributed by atoms with Gasteiger partial charge in [-0.2, -0.15) is 0 Å². The number of carbonyl (C=O) groups is 1. The molecule has 1 rings (SSSR count). The lowest BCUT2D eigenvalue weighted by atomic mass is 9.99. The summed E-state index contributed by atoms with van der Waals surface area (Å²) < 4.78 is 5.17. The Morgan fingerprint density at radius 3 is 2.00 bits per heavy atom. The Kier molecular flexibility index (Phi) is 13.2. The second-order valence-electron chi connectivity index (χ2n) is 8.00. The highest BCUT2D eigenvalue weighted by atomic mass is 16.5. The maximum Gasteiger partial charge on any atom is 0.342 e. The van der Waals surface area contributed by atoms with Crippen molar-refractivity contribution in [2.45, 2.75) is 97.3 Å². The van der Waals surface area contributed by atoms with Crippen LogP contribution in [0.4, 0.5) is 0 Å². The maximum atomic E-state index is 11.9. The summed E-state index contributed by atoms with van der Waals surface area (Å²) in [5.41, 5.74) is 0.0138. The van der Waals surface area contributed by atoms with E-state index in [9.17, 15) is 15.0 Å². The van der Waals surface area contributed by atoms with Crippen LogP contribution in [0, 0.1) is 5.92 Å². The third kappa shape index (κ3) is 10.6. The topological polar surface area (TPSA) is 66.8 Å². The molecule has 0 radical (unpaired) electrons. The zero-order valence-corrected chi connectivity index (χ0v) is 17.9. The number of hydrogen-bond donors (Lipinski definition) is 2. The SMILES string of the molecule is CC[C@H](C)CCCCCCCCCCCCCOC(=O)c1cccc(O)c1O. The van der Waals surface area contributed by atoms with E-state index < -0.39 is 11.7 Å². The summed E-state index contributed by atoms with van der Waals surface area (Å²) >= 11 is 0. The second kappa shape index (κ2) is 15.2. The molecule has 0 aliphatic carbocycles. The zero-order valence-electron chi connectivity index (χ0n) is 17.9. The van der Waals surface area contributed by atoms with Gasteiger partial charge in [0, 0.05) is 0 Å². The van der Waals surface area contributed by atoms with Crippen LogP contribution in [0.1, 0.15) is 108 Å². The van der Waals surface area contributed by atoms with Crippen molar-refractivity contribution in [3.8, 4) is 11.5 Å². The van der Waals surface area contributed by atoms with E-state index >= 15 is 0 Å². The maximum absolute atomic E-state index is 11.9. The average Bonchev–Trinajstić information content (AvgIpc) is 2.69. The fraction of sp³-hybridized carbons (Fsp3) is 0.708. The molecule has 0 fully saturated rings. The van der Waals surface area contributed by atoms with Crippen LogP contribution in [0.15, 0.2) is 18.2 Å². The molecule has 4 nitrogen and oxygen atoms in total. The molecule has 0 amide bonds. The van der Waals surface area contributed by atoms with Crippen LogP contribution in [-0.2, 0) is 4.74 Å². The summed E-state index contributed by atoms with van der Waals surface area (Å²) in [5, 5.41) is 19.1. The molecule has 0 saturated heterocycles. The van der Waals surface area contributed by atoms with Crippen molar-refractivity contribution in [3.63, 3.8) is 0 Å². The van der Waals surface area contributed by atoms with Gasteiger partial charge in [-0.05, 0) is 24.5 Å². The van der Waals surface area contributed by atoms with Crippen LogP contribution in [0.5, 0.6) is 11.5 Å². The summed E-state index contributed by atoms with van der Waals surface area (Å²) in [5.74, 6) is -0.413. The van der Waals surface area contributed by atoms with Crippen LogP contribution in [0.25, 0.3) is 0 Å². The molecule has 0 saturated carbocycles. The van der Waals surface area contributed by atoms with Crippen LogP contribution in [0.2, 0.25) is 0 Å². The minimum Gasteiger partial charge on any atom is -0.504 e. The molecule has 0 bridgehead atoms. The highest BCUT2D eigenvalue weighted by Crippen LogP contribution is 2.28. The summed E-state index contributed by atoms with van der Waals surface area (Å²) in [6.07, 6.45) is 16.5. The quantitative estimate of drug-likeness (QED) is 0.181. The molecule has 0 spiro atoms. The van der Waals surface area contributed by atoms with Gasteiger partial charge in [-0.15, -0.1) is 0 Å². The Hall–Kier alpha value is -1.71. The molecule has 1 aromatic rings. The van der Waals surface area contributed by atoms with Crippen molar-refractivity contribution in [2.24, 2.45) is 5.92 Å². The minimum atomic E-state index is -0.586. The van der Waals surface area contributed by atoms with Gasteiger partial charge in [0.25, 0.3) is 0 Å². The van der Waals surface area contributed by atoms with Gasteiger partial charge in [0.2, 0.25) is 0 Å². The number of rotatable bonds is 16. The number of hydrogen-bond acceptors (Lipinski definition) is 4. The molecule has 0 heterocycles. The predicted octanol–water partition coefficient (Wildman–Crippen LogP) is 6.98. The predicted molar refractivity (Wildman–Crippen MR) is 115 cm³/mol. The van der Waals surface area contributed by atoms with E-state index in [2.05, 4.69) is 13.8 Å². The van der Waals surface area contributed by atoms with E-state index in [0.29, 0.717) is 6.61 Å². The van der Waals surface area contributed by atoms with E-state index in [1.165, 1.54) is 88.8 Å². The summed E-state index contributed by atoms with van der Waals surface area (Å²) in [4.78, 5) is 11.9. The van der Waals surface area contributed by atoms with Crippen LogP contribution in [-0.4, -0.2) is 22.8 Å². The first-order valence-electron chi connectivity index (χ1n) is 11.2. The molecule has 0 aliphatic rings. The number of benzene rings is 1. The lowest BCUT2D eigenvalue weighted by Crippen LogP contribution is -2.06. The zero-order chi connectivity index (χ0) is 20.6. The van der Waals surface area contributed by atoms with Crippen molar-refractivity contribution >= 4 is 5.97 Å². The third-order valence-electron chi connectivity index (χ3n) is 5.51. The van der Waals surface area contributed by atoms with E-state index in [0.717, 1.165) is 18.8 Å². The molecule has 2 N–H and O–H groups in total. The molecule has 4 heteroatoms. The fourth-order valence-corrected chi connectivity index (χ4v) is 3.33. The molecule has 0 aromatic heterocycles. The number of unbranched alkanes of at least 4 members (excludes halogenated alkanes) is 10. The number of carbonyl (C=O) groups excluding carboxylic acids is 1. The first kappa shape index (κ1) is 24.3. The fourth-order valence-electron chi connectivity index (χ4n) is 3.33. The molecule has 28 heavy (non-hydrogen) atoms. The van der Waals surface area contributed by atoms with E-state index in [1.54, 1.807) is 0 Å². The van der Waals surface area contributed by atoms with Gasteiger partial charge in [0.1, 0.15) is 5.56 Å². The Morgan fingerprint density at radius 1 is 0.893 bits per heavy atom. The van der Waals surface area contributed by atoms with Crippen molar-refractivity contribution in [3.05, 3.63) is 23.8 Å². The molecule has 1 atom stereocenters. The first-order chi connectivity index (χ1) is 13.6. The van der Waals surface area contributed by atoms with Gasteiger partial charge in [-0.25, -0.2) is 4.79 Å². The Labute approximate surface area is 171 Å². The van der Waals surface area contributed by atoms with Crippen molar-refractivity contribution < 1.29 is 19.7 Å². The Bertz CT molecular complexity index is 541. The van der Waals surface area contributed by atoms with Gasteiger partial charge >= 0.3 is 5.97 Å². The normalized spacial score (nSPS) is 12.1. The van der Waals surface area contributed by atoms with Gasteiger partial charge in [-0.1, -0.05) is 97.0 Å². The summed E-state index contributed by atoms with van der Waals surface area (Å²) in [6.45, 7) is 4.98. The highest BCUT2D eigenvalue weighted by Gasteiger charge is 2.14. The van der Waals surface area contributed by atoms with Crippen molar-refractivity contribution in [1.82, 2.24) is 0 Å². The number of aromatic hydroxyl groups is 2. The van der Waals surface area contributed by atoms with Gasteiger partial charge in [0.05, 0.1) is 6.61 Å². The number of phenolic OH excluding ortho intramolecular Hbond substituents is 2. The number of para-hydroxylation sites is 1. The largest absolute Gasteiger partial charge is 0.504 e. The third-order valence-corrected chi connectivity index (χ3v) is 5.51. The lowest BCUT2D eigenvalue weighted by molar-refractivity contribution is 0.0493. The molecular weight excluding hydrogens is 352 g/mol. The highest BCUT2D eigenvalue weighted by molar-refractivity contribution is 5.93. The molecule has 1 aromatic carbocycles. The number of ether oxygens (including phenoxy) is 1. The average molecular weight is 393 g/mol. The molecule has 0 unspecified atom stereocenters. The number of esters is 1. The van der Waals surface area contributed by atoms with E-state index in [-0.39, 0.29) is 11.3 Å². The second-order valence-corrected chi connectivity index (χ2v) is 8.00. The van der Waals surface area contributed by atoms with Gasteiger partial charge in [0.15, 0.2) is 11.5 Å². The van der Waals surface area contributed by atoms with Gasteiger partial charge in [-0.3, -0.25) is 0 Å².